The molecule has 4 nitrogen and oxygen atoms in total. The number of fused-ring (bicyclic) bond motifs is 1. The molecule has 2 rings (SSSR count). The van der Waals surface area contributed by atoms with E-state index in [1.54, 1.807) is 0 Å². The minimum atomic E-state index is -2.79. The van der Waals surface area contributed by atoms with Crippen LogP contribution in [0.2, 0.25) is 0 Å². The first-order chi connectivity index (χ1) is 9.96. The van der Waals surface area contributed by atoms with Crippen molar-refractivity contribution in [2.45, 2.75) is 0 Å². The van der Waals surface area contributed by atoms with E-state index in [9.17, 15) is 0 Å². The van der Waals surface area contributed by atoms with Crippen molar-refractivity contribution >= 4 is 26.8 Å². The minimum absolute atomic E-state index is 0.156. The van der Waals surface area contributed by atoms with Crippen LogP contribution in [0.15, 0.2) is 22.8 Å². The molecule has 78 valence electrons. The standard InChI is InChI=1S/C10H9BrN2O2/c1-14-9-3-6-7(11)5-12-13-8(6)4-10(9)15-2/h3-5H,1-2H3/i1D3,2D3,5D. The maximum absolute atomic E-state index is 7.56. The zero-order valence-electron chi connectivity index (χ0n) is 14.2. The maximum Gasteiger partial charge on any atom is 0.162 e. The van der Waals surface area contributed by atoms with Crippen molar-refractivity contribution < 1.29 is 19.1 Å². The Morgan fingerprint density at radius 3 is 2.80 bits per heavy atom. The molecular formula is C10H9BrN2O2. The molecule has 1 aromatic carbocycles. The third-order valence-corrected chi connectivity index (χ3v) is 2.43. The minimum Gasteiger partial charge on any atom is -0.493 e. The van der Waals surface area contributed by atoms with Gasteiger partial charge in [0.15, 0.2) is 11.5 Å². The quantitative estimate of drug-likeness (QED) is 0.845. The van der Waals surface area contributed by atoms with Gasteiger partial charge < -0.3 is 9.47 Å². The Balaban J connectivity index is 2.64. The first kappa shape index (κ1) is 4.65. The van der Waals surface area contributed by atoms with Crippen LogP contribution in [-0.4, -0.2) is 24.3 Å². The average molecular weight is 276 g/mol. The van der Waals surface area contributed by atoms with Gasteiger partial charge in [-0.1, -0.05) is 0 Å². The predicted octanol–water partition coefficient (Wildman–Crippen LogP) is 2.41. The molecular weight excluding hydrogens is 260 g/mol. The van der Waals surface area contributed by atoms with Crippen LogP contribution in [0.3, 0.4) is 0 Å². The fourth-order valence-corrected chi connectivity index (χ4v) is 1.55. The molecule has 0 spiro atoms. The van der Waals surface area contributed by atoms with Crippen LogP contribution in [0.1, 0.15) is 9.60 Å². The first-order valence-electron chi connectivity index (χ1n) is 7.31. The summed E-state index contributed by atoms with van der Waals surface area (Å²) in [5, 5.41) is 7.66. The maximum atomic E-state index is 7.56. The van der Waals surface area contributed by atoms with Crippen molar-refractivity contribution in [1.82, 2.24) is 10.2 Å². The van der Waals surface area contributed by atoms with Crippen LogP contribution in [-0.2, 0) is 0 Å². The summed E-state index contributed by atoms with van der Waals surface area (Å²) in [6.45, 7) is 0. The molecule has 0 atom stereocenters. The highest BCUT2D eigenvalue weighted by Gasteiger charge is 2.08. The van der Waals surface area contributed by atoms with Gasteiger partial charge in [0.1, 0.15) is 0 Å². The molecule has 0 saturated carbocycles. The highest BCUT2D eigenvalue weighted by Crippen LogP contribution is 2.33. The van der Waals surface area contributed by atoms with E-state index < -0.39 is 14.1 Å². The highest BCUT2D eigenvalue weighted by atomic mass is 79.9. The summed E-state index contributed by atoms with van der Waals surface area (Å²) >= 11 is 3.14. The van der Waals surface area contributed by atoms with E-state index in [0.717, 1.165) is 0 Å². The Morgan fingerprint density at radius 2 is 2.07 bits per heavy atom. The molecule has 0 bridgehead atoms. The number of aromatic nitrogens is 2. The summed E-state index contributed by atoms with van der Waals surface area (Å²) in [4.78, 5) is 0. The molecule has 5 heteroatoms. The predicted molar refractivity (Wildman–Crippen MR) is 60.3 cm³/mol. The van der Waals surface area contributed by atoms with Crippen molar-refractivity contribution in [3.63, 3.8) is 0 Å². The molecule has 0 aliphatic heterocycles. The Morgan fingerprint density at radius 1 is 1.33 bits per heavy atom. The summed E-state index contributed by atoms with van der Waals surface area (Å²) in [6, 6.07) is 2.43. The lowest BCUT2D eigenvalue weighted by atomic mass is 10.2. The fraction of sp³-hybridized carbons (Fsp3) is 0.200. The van der Waals surface area contributed by atoms with Gasteiger partial charge in [-0.25, -0.2) is 0 Å². The number of benzene rings is 1. The van der Waals surface area contributed by atoms with Gasteiger partial charge in [0, 0.05) is 15.9 Å². The van der Waals surface area contributed by atoms with Gasteiger partial charge in [0.05, 0.1) is 35.4 Å². The Hall–Kier alpha value is -1.36. The number of nitrogens with zero attached hydrogens (tertiary/aromatic N) is 2. The van der Waals surface area contributed by atoms with E-state index in [0.29, 0.717) is 5.39 Å². The van der Waals surface area contributed by atoms with Crippen molar-refractivity contribution in [1.29, 1.82) is 0 Å². The first-order valence-corrected chi connectivity index (χ1v) is 4.60. The van der Waals surface area contributed by atoms with Crippen molar-refractivity contribution in [2.75, 3.05) is 14.1 Å². The largest absolute Gasteiger partial charge is 0.493 e. The monoisotopic (exact) mass is 275 g/mol. The van der Waals surface area contributed by atoms with Gasteiger partial charge in [-0.2, -0.15) is 10.2 Å². The summed E-state index contributed by atoms with van der Waals surface area (Å²) < 4.78 is 60.1. The SMILES string of the molecule is [2H]c1nnc2cc(OC([2H])([2H])[2H])c(OC([2H])([2H])[2H])cc2c1Br. The van der Waals surface area contributed by atoms with Gasteiger partial charge in [-0.3, -0.25) is 0 Å². The molecule has 0 saturated heterocycles. The van der Waals surface area contributed by atoms with Gasteiger partial charge in [0.2, 0.25) is 0 Å². The second kappa shape index (κ2) is 4.02. The van der Waals surface area contributed by atoms with Crippen molar-refractivity contribution in [3.8, 4) is 11.5 Å². The molecule has 15 heavy (non-hydrogen) atoms. The van der Waals surface area contributed by atoms with E-state index in [4.69, 9.17) is 19.1 Å². The number of ether oxygens (including phenoxy) is 2. The number of methoxy groups -OCH3 is 2. The second-order valence-electron chi connectivity index (χ2n) is 2.65. The second-order valence-corrected chi connectivity index (χ2v) is 3.44. The zero-order valence-corrected chi connectivity index (χ0v) is 8.83. The normalized spacial score (nSPS) is 18.9. The van der Waals surface area contributed by atoms with E-state index >= 15 is 0 Å². The average Bonchev–Trinajstić information content (AvgIpc) is 2.32. The van der Waals surface area contributed by atoms with Gasteiger partial charge in [0.25, 0.3) is 0 Å². The number of rotatable bonds is 2. The summed E-state index contributed by atoms with van der Waals surface area (Å²) in [5.74, 6) is -0.598. The van der Waals surface area contributed by atoms with Crippen molar-refractivity contribution in [2.24, 2.45) is 0 Å². The van der Waals surface area contributed by atoms with Crippen LogP contribution >= 0.6 is 15.9 Å². The zero-order chi connectivity index (χ0) is 16.7. The van der Waals surface area contributed by atoms with Crippen LogP contribution in [0, 0.1) is 0 Å². The van der Waals surface area contributed by atoms with Gasteiger partial charge >= 0.3 is 0 Å². The van der Waals surface area contributed by atoms with E-state index in [-0.39, 0.29) is 27.7 Å². The van der Waals surface area contributed by atoms with E-state index in [2.05, 4.69) is 26.1 Å². The third-order valence-electron chi connectivity index (χ3n) is 1.82. The molecule has 0 N–H and O–H groups in total. The van der Waals surface area contributed by atoms with Crippen LogP contribution < -0.4 is 9.47 Å². The molecule has 0 amide bonds. The molecule has 0 aliphatic carbocycles. The molecule has 0 unspecified atom stereocenters. The lowest BCUT2D eigenvalue weighted by molar-refractivity contribution is 0.355. The molecule has 0 fully saturated rings. The number of hydrogen-bond donors (Lipinski definition) is 0. The lowest BCUT2D eigenvalue weighted by Gasteiger charge is -2.08. The molecule has 2 aromatic rings. The summed E-state index contributed by atoms with van der Waals surface area (Å²) in [6.07, 6.45) is -0.156. The van der Waals surface area contributed by atoms with Crippen LogP contribution in [0.4, 0.5) is 0 Å². The van der Waals surface area contributed by atoms with Gasteiger partial charge in [-0.15, -0.1) is 0 Å². The molecule has 1 aromatic heterocycles. The smallest absolute Gasteiger partial charge is 0.162 e. The van der Waals surface area contributed by atoms with E-state index in [1.807, 2.05) is 0 Å². The molecule has 0 radical (unpaired) electrons. The summed E-state index contributed by atoms with van der Waals surface area (Å²) in [5.41, 5.74) is 0.222. The van der Waals surface area contributed by atoms with Gasteiger partial charge in [-0.05, 0) is 22.0 Å². The number of halogens is 1. The van der Waals surface area contributed by atoms with Crippen LogP contribution in [0.5, 0.6) is 11.5 Å². The highest BCUT2D eigenvalue weighted by molar-refractivity contribution is 9.10. The Labute approximate surface area is 105 Å². The fourth-order valence-electron chi connectivity index (χ4n) is 1.15. The Kier molecular flexibility index (Phi) is 1.25. The van der Waals surface area contributed by atoms with Crippen LogP contribution in [0.25, 0.3) is 10.9 Å². The van der Waals surface area contributed by atoms with E-state index in [1.165, 1.54) is 12.1 Å². The summed E-state index contributed by atoms with van der Waals surface area (Å²) in [7, 11) is -5.59. The third kappa shape index (κ3) is 1.74. The molecule has 0 aliphatic rings. The number of hydrogen-bond acceptors (Lipinski definition) is 4. The van der Waals surface area contributed by atoms with Crippen molar-refractivity contribution in [3.05, 3.63) is 22.8 Å². The topological polar surface area (TPSA) is 44.2 Å². The Bertz CT molecular complexity index is 717. The lowest BCUT2D eigenvalue weighted by Crippen LogP contribution is -1.92. The molecule has 1 heterocycles.